The number of ether oxygens (including phenoxy) is 2. The lowest BCUT2D eigenvalue weighted by molar-refractivity contribution is 0.477. The van der Waals surface area contributed by atoms with Crippen molar-refractivity contribution in [1.82, 2.24) is 0 Å². The monoisotopic (exact) mass is 634 g/mol. The summed E-state index contributed by atoms with van der Waals surface area (Å²) in [6.07, 6.45) is 0. The van der Waals surface area contributed by atoms with E-state index in [9.17, 15) is 0 Å². The van der Waals surface area contributed by atoms with Gasteiger partial charge in [0.15, 0.2) is 28.4 Å². The van der Waals surface area contributed by atoms with Crippen LogP contribution in [0.4, 0.5) is 17.1 Å². The molecule has 3 aliphatic heterocycles. The van der Waals surface area contributed by atoms with E-state index in [1.165, 1.54) is 36.3 Å². The second-order valence-electron chi connectivity index (χ2n) is 12.2. The summed E-state index contributed by atoms with van der Waals surface area (Å²) >= 11 is 0. The maximum atomic E-state index is 6.70. The molecule has 1 spiro atoms. The van der Waals surface area contributed by atoms with Crippen molar-refractivity contribution >= 4 is 70.2 Å². The third kappa shape index (κ3) is 3.72. The molecule has 7 aromatic rings. The van der Waals surface area contributed by atoms with Crippen molar-refractivity contribution < 1.29 is 9.47 Å². The van der Waals surface area contributed by atoms with E-state index in [1.807, 2.05) is 12.1 Å². The highest BCUT2D eigenvalue weighted by Gasteiger charge is 2.54. The molecular formula is C42H28NO2Si2. The molecule has 0 N–H and O–H groups in total. The molecule has 0 unspecified atom stereocenters. The lowest BCUT2D eigenvalue weighted by Gasteiger charge is -2.46. The molecule has 0 saturated heterocycles. The molecule has 0 fully saturated rings. The summed E-state index contributed by atoms with van der Waals surface area (Å²) in [6.45, 7) is 0. The fourth-order valence-corrected chi connectivity index (χ4v) is 17.6. The van der Waals surface area contributed by atoms with Gasteiger partial charge in [0.05, 0.1) is 11.4 Å². The van der Waals surface area contributed by atoms with Crippen LogP contribution >= 0.6 is 0 Å². The normalized spacial score (nSPS) is 14.8. The van der Waals surface area contributed by atoms with Crippen molar-refractivity contribution in [3.8, 4) is 23.0 Å². The number of benzene rings is 7. The molecule has 3 aliphatic rings. The maximum Gasteiger partial charge on any atom is 0.188 e. The number of rotatable bonds is 2. The second-order valence-corrected chi connectivity index (χ2v) is 18.3. The van der Waals surface area contributed by atoms with E-state index in [2.05, 4.69) is 163 Å². The van der Waals surface area contributed by atoms with Gasteiger partial charge in [0.2, 0.25) is 0 Å². The lowest BCUT2D eigenvalue weighted by atomic mass is 10.1. The Hall–Kier alpha value is -5.63. The Morgan fingerprint density at radius 3 is 1.55 bits per heavy atom. The van der Waals surface area contributed by atoms with E-state index < -0.39 is 16.9 Å². The van der Waals surface area contributed by atoms with E-state index in [0.29, 0.717) is 0 Å². The van der Waals surface area contributed by atoms with Gasteiger partial charge in [0.25, 0.3) is 0 Å². The first kappa shape index (κ1) is 26.6. The molecule has 47 heavy (non-hydrogen) atoms. The molecule has 221 valence electrons. The van der Waals surface area contributed by atoms with Gasteiger partial charge in [0.1, 0.15) is 11.5 Å². The van der Waals surface area contributed by atoms with Crippen molar-refractivity contribution in [2.24, 2.45) is 0 Å². The predicted octanol–water partition coefficient (Wildman–Crippen LogP) is 5.57. The third-order valence-electron chi connectivity index (χ3n) is 9.83. The van der Waals surface area contributed by atoms with Crippen molar-refractivity contribution in [1.29, 1.82) is 0 Å². The Bertz CT molecular complexity index is 2260. The fraction of sp³-hybridized carbons (Fsp3) is 0. The van der Waals surface area contributed by atoms with Crippen LogP contribution in [0.2, 0.25) is 0 Å². The van der Waals surface area contributed by atoms with Gasteiger partial charge in [-0.05, 0) is 69.3 Å². The van der Waals surface area contributed by atoms with Gasteiger partial charge in [-0.15, -0.1) is 0 Å². The molecular weight excluding hydrogens is 607 g/mol. The molecule has 10 rings (SSSR count). The number of para-hydroxylation sites is 6. The van der Waals surface area contributed by atoms with Crippen molar-refractivity contribution in [3.05, 3.63) is 170 Å². The van der Waals surface area contributed by atoms with Gasteiger partial charge < -0.3 is 14.4 Å². The number of nitrogens with zero attached hydrogens (tertiary/aromatic N) is 1. The van der Waals surface area contributed by atoms with E-state index in [0.717, 1.165) is 40.1 Å². The van der Waals surface area contributed by atoms with Gasteiger partial charge >= 0.3 is 0 Å². The van der Waals surface area contributed by atoms with Crippen LogP contribution in [0.1, 0.15) is 0 Å². The molecule has 0 aliphatic carbocycles. The molecule has 0 amide bonds. The van der Waals surface area contributed by atoms with E-state index >= 15 is 0 Å². The van der Waals surface area contributed by atoms with E-state index in [4.69, 9.17) is 9.47 Å². The molecule has 3 heterocycles. The molecule has 0 saturated carbocycles. The number of hydrogen-bond acceptors (Lipinski definition) is 3. The Morgan fingerprint density at radius 1 is 0.404 bits per heavy atom. The Balaban J connectivity index is 1.34. The first-order chi connectivity index (χ1) is 23.3. The van der Waals surface area contributed by atoms with Gasteiger partial charge in [-0.3, -0.25) is 0 Å². The van der Waals surface area contributed by atoms with Crippen LogP contribution in [0.15, 0.2) is 170 Å². The summed E-state index contributed by atoms with van der Waals surface area (Å²) in [5.41, 5.74) is 3.22. The highest BCUT2D eigenvalue weighted by atomic mass is 28.3. The topological polar surface area (TPSA) is 21.7 Å². The summed E-state index contributed by atoms with van der Waals surface area (Å²) < 4.78 is 13.1. The molecule has 0 aromatic heterocycles. The SMILES string of the molecule is c1ccc([Si]2c3ccccc3[Si]3(c4ccccc4Oc4ccccc43)c3cc(N4c5ccccc5Oc5ccccc54)ccc32)cc1. The average molecular weight is 635 g/mol. The molecule has 3 nitrogen and oxygen atoms in total. The van der Waals surface area contributed by atoms with Crippen LogP contribution in [0.3, 0.4) is 0 Å². The number of hydrogen-bond donors (Lipinski definition) is 0. The van der Waals surface area contributed by atoms with Crippen LogP contribution in [0, 0.1) is 0 Å². The molecule has 0 bridgehead atoms. The van der Waals surface area contributed by atoms with Gasteiger partial charge in [-0.2, -0.15) is 0 Å². The maximum absolute atomic E-state index is 6.70. The molecule has 7 aromatic carbocycles. The minimum atomic E-state index is -2.86. The minimum Gasteiger partial charge on any atom is -0.458 e. The summed E-state index contributed by atoms with van der Waals surface area (Å²) in [6, 6.07) is 61.9. The smallest absolute Gasteiger partial charge is 0.188 e. The zero-order chi connectivity index (χ0) is 31.0. The van der Waals surface area contributed by atoms with Gasteiger partial charge in [0, 0.05) is 5.69 Å². The summed E-state index contributed by atoms with van der Waals surface area (Å²) in [5, 5.41) is 9.85. The quantitative estimate of drug-likeness (QED) is 0.232. The summed E-state index contributed by atoms with van der Waals surface area (Å²) in [4.78, 5) is 2.38. The van der Waals surface area contributed by atoms with Crippen LogP contribution in [-0.2, 0) is 0 Å². The summed E-state index contributed by atoms with van der Waals surface area (Å²) in [5.74, 6) is 3.64. The average Bonchev–Trinajstić information content (AvgIpc) is 3.14. The Kier molecular flexibility index (Phi) is 5.76. The van der Waals surface area contributed by atoms with Crippen molar-refractivity contribution in [2.45, 2.75) is 0 Å². The molecule has 5 heteroatoms. The highest BCUT2D eigenvalue weighted by Crippen LogP contribution is 2.50. The second kappa shape index (κ2) is 10.2. The highest BCUT2D eigenvalue weighted by molar-refractivity contribution is 7.27. The van der Waals surface area contributed by atoms with Crippen LogP contribution in [0.5, 0.6) is 23.0 Å². The molecule has 0 atom stereocenters. The fourth-order valence-electron chi connectivity index (χ4n) is 7.99. The van der Waals surface area contributed by atoms with Crippen LogP contribution in [-0.4, -0.2) is 16.9 Å². The largest absolute Gasteiger partial charge is 0.458 e. The Labute approximate surface area is 276 Å². The summed E-state index contributed by atoms with van der Waals surface area (Å²) in [7, 11) is -4.20. The van der Waals surface area contributed by atoms with Crippen LogP contribution in [0.25, 0.3) is 0 Å². The Morgan fingerprint density at radius 2 is 0.894 bits per heavy atom. The zero-order valence-corrected chi connectivity index (χ0v) is 27.4. The van der Waals surface area contributed by atoms with Crippen molar-refractivity contribution in [2.75, 3.05) is 4.90 Å². The molecule has 1 radical (unpaired) electrons. The van der Waals surface area contributed by atoms with E-state index in [1.54, 1.807) is 0 Å². The number of anilines is 3. The van der Waals surface area contributed by atoms with Crippen molar-refractivity contribution in [3.63, 3.8) is 0 Å². The van der Waals surface area contributed by atoms with Crippen LogP contribution < -0.4 is 50.7 Å². The standard InChI is InChI=1S/C42H28NO2Si2/c1-2-14-30(15-3-1)46-37-22-10-13-25-41(37)47(39-23-11-8-20-35(39)45-36-21-9-12-24-40(36)47)42-28-29(26-27-38(42)46)43-31-16-4-6-18-33(31)44-34-19-7-5-17-32(34)43/h1-28H. The third-order valence-corrected chi connectivity index (χ3v) is 18.1. The zero-order valence-electron chi connectivity index (χ0n) is 25.4. The number of fused-ring (bicyclic) bond motifs is 10. The first-order valence-corrected chi connectivity index (χ1v) is 19.5. The lowest BCUT2D eigenvalue weighted by Crippen LogP contribution is -2.87. The minimum absolute atomic E-state index is 0.858. The first-order valence-electron chi connectivity index (χ1n) is 16.0. The predicted molar refractivity (Wildman–Crippen MR) is 196 cm³/mol. The van der Waals surface area contributed by atoms with E-state index in [-0.39, 0.29) is 0 Å². The van der Waals surface area contributed by atoms with Gasteiger partial charge in [-0.1, -0.05) is 137 Å². The van der Waals surface area contributed by atoms with Gasteiger partial charge in [-0.25, -0.2) is 0 Å².